The lowest BCUT2D eigenvalue weighted by atomic mass is 9.89. The van der Waals surface area contributed by atoms with Crippen molar-refractivity contribution in [3.63, 3.8) is 0 Å². The topological polar surface area (TPSA) is 41.8 Å². The van der Waals surface area contributed by atoms with Crippen molar-refractivity contribution in [2.24, 2.45) is 10.6 Å². The van der Waals surface area contributed by atoms with E-state index in [9.17, 15) is 0 Å². The SMILES string of the molecule is CC(C)(C)CCOc1cccc2c1CCCC2=NO. The van der Waals surface area contributed by atoms with E-state index in [0.29, 0.717) is 0 Å². The van der Waals surface area contributed by atoms with Crippen LogP contribution in [-0.2, 0) is 6.42 Å². The maximum absolute atomic E-state index is 9.06. The van der Waals surface area contributed by atoms with E-state index >= 15 is 0 Å². The molecule has 0 amide bonds. The van der Waals surface area contributed by atoms with Crippen LogP contribution in [0.5, 0.6) is 5.75 Å². The Bertz CT molecular complexity index is 472. The van der Waals surface area contributed by atoms with Gasteiger partial charge in [-0.3, -0.25) is 0 Å². The van der Waals surface area contributed by atoms with Crippen molar-refractivity contribution in [1.29, 1.82) is 0 Å². The van der Waals surface area contributed by atoms with Gasteiger partial charge in [-0.1, -0.05) is 38.1 Å². The summed E-state index contributed by atoms with van der Waals surface area (Å²) in [5.41, 5.74) is 3.30. The van der Waals surface area contributed by atoms with Gasteiger partial charge >= 0.3 is 0 Å². The first-order valence-corrected chi connectivity index (χ1v) is 6.97. The van der Waals surface area contributed by atoms with Gasteiger partial charge in [0.25, 0.3) is 0 Å². The number of oxime groups is 1. The Morgan fingerprint density at radius 1 is 1.26 bits per heavy atom. The van der Waals surface area contributed by atoms with Crippen molar-refractivity contribution in [1.82, 2.24) is 0 Å². The van der Waals surface area contributed by atoms with Gasteiger partial charge in [0.15, 0.2) is 0 Å². The summed E-state index contributed by atoms with van der Waals surface area (Å²) in [7, 11) is 0. The average molecular weight is 261 g/mol. The monoisotopic (exact) mass is 261 g/mol. The molecule has 1 aromatic carbocycles. The number of benzene rings is 1. The Morgan fingerprint density at radius 2 is 2.05 bits per heavy atom. The fraction of sp³-hybridized carbons (Fsp3) is 0.562. The molecule has 0 heterocycles. The number of nitrogens with zero attached hydrogens (tertiary/aromatic N) is 1. The predicted octanol–water partition coefficient (Wildman–Crippen LogP) is 4.02. The summed E-state index contributed by atoms with van der Waals surface area (Å²) in [5, 5.41) is 12.5. The number of hydrogen-bond donors (Lipinski definition) is 1. The van der Waals surface area contributed by atoms with E-state index in [-0.39, 0.29) is 5.41 Å². The molecule has 2 rings (SSSR count). The van der Waals surface area contributed by atoms with Crippen molar-refractivity contribution >= 4 is 5.71 Å². The Labute approximate surface area is 115 Å². The van der Waals surface area contributed by atoms with Crippen molar-refractivity contribution in [2.45, 2.75) is 46.5 Å². The van der Waals surface area contributed by atoms with Gasteiger partial charge in [0.2, 0.25) is 0 Å². The van der Waals surface area contributed by atoms with E-state index in [1.54, 1.807) is 0 Å². The normalized spacial score (nSPS) is 17.3. The van der Waals surface area contributed by atoms with E-state index in [4.69, 9.17) is 9.94 Å². The third-order valence-electron chi connectivity index (χ3n) is 3.51. The second-order valence-electron chi connectivity index (χ2n) is 6.34. The number of ether oxygens (including phenoxy) is 1. The smallest absolute Gasteiger partial charge is 0.123 e. The number of hydrogen-bond acceptors (Lipinski definition) is 3. The minimum absolute atomic E-state index is 0.284. The summed E-state index contributed by atoms with van der Waals surface area (Å²) < 4.78 is 5.94. The fourth-order valence-electron chi connectivity index (χ4n) is 2.37. The first-order valence-electron chi connectivity index (χ1n) is 6.97. The van der Waals surface area contributed by atoms with Crippen molar-refractivity contribution in [3.8, 4) is 5.75 Å². The predicted molar refractivity (Wildman–Crippen MR) is 77.3 cm³/mol. The molecule has 0 radical (unpaired) electrons. The lowest BCUT2D eigenvalue weighted by Crippen LogP contribution is -2.15. The summed E-state index contributed by atoms with van der Waals surface area (Å²) in [6.45, 7) is 7.37. The maximum atomic E-state index is 9.06. The zero-order chi connectivity index (χ0) is 13.9. The highest BCUT2D eigenvalue weighted by molar-refractivity contribution is 6.02. The van der Waals surface area contributed by atoms with E-state index in [1.807, 2.05) is 18.2 Å². The molecule has 0 saturated carbocycles. The number of rotatable bonds is 3. The molecule has 0 aliphatic heterocycles. The first kappa shape index (κ1) is 13.9. The van der Waals surface area contributed by atoms with Crippen LogP contribution in [0.2, 0.25) is 0 Å². The lowest BCUT2D eigenvalue weighted by molar-refractivity contribution is 0.241. The van der Waals surface area contributed by atoms with E-state index in [2.05, 4.69) is 25.9 Å². The highest BCUT2D eigenvalue weighted by Crippen LogP contribution is 2.30. The maximum Gasteiger partial charge on any atom is 0.123 e. The van der Waals surface area contributed by atoms with Crippen LogP contribution in [0.25, 0.3) is 0 Å². The Kier molecular flexibility index (Phi) is 4.13. The third kappa shape index (κ3) is 3.49. The summed E-state index contributed by atoms with van der Waals surface area (Å²) in [4.78, 5) is 0. The van der Waals surface area contributed by atoms with Gasteiger partial charge in [-0.25, -0.2) is 0 Å². The standard InChI is InChI=1S/C16H23NO2/c1-16(2,3)10-11-19-15-9-5-6-12-13(15)7-4-8-14(12)17-18/h5-6,9,18H,4,7-8,10-11H2,1-3H3. The fourth-order valence-corrected chi connectivity index (χ4v) is 2.37. The summed E-state index contributed by atoms with van der Waals surface area (Å²) in [6, 6.07) is 6.00. The molecular weight excluding hydrogens is 238 g/mol. The minimum Gasteiger partial charge on any atom is -0.493 e. The second-order valence-corrected chi connectivity index (χ2v) is 6.34. The molecule has 0 unspecified atom stereocenters. The molecule has 0 saturated heterocycles. The van der Waals surface area contributed by atoms with E-state index < -0.39 is 0 Å². The highest BCUT2D eigenvalue weighted by Gasteiger charge is 2.19. The van der Waals surface area contributed by atoms with Crippen LogP contribution in [0.1, 0.15) is 51.2 Å². The Morgan fingerprint density at radius 3 is 2.74 bits per heavy atom. The number of fused-ring (bicyclic) bond motifs is 1. The molecule has 1 N–H and O–H groups in total. The van der Waals surface area contributed by atoms with Crippen LogP contribution in [-0.4, -0.2) is 17.5 Å². The molecule has 1 aromatic rings. The van der Waals surface area contributed by atoms with Gasteiger partial charge in [0.1, 0.15) is 5.75 Å². The molecule has 104 valence electrons. The zero-order valence-corrected chi connectivity index (χ0v) is 12.1. The van der Waals surface area contributed by atoms with Gasteiger partial charge in [-0.2, -0.15) is 0 Å². The molecule has 0 fully saturated rings. The van der Waals surface area contributed by atoms with Gasteiger partial charge < -0.3 is 9.94 Å². The summed E-state index contributed by atoms with van der Waals surface area (Å²) in [6.07, 6.45) is 3.89. The van der Waals surface area contributed by atoms with Crippen molar-refractivity contribution < 1.29 is 9.94 Å². The van der Waals surface area contributed by atoms with E-state index in [0.717, 1.165) is 49.3 Å². The first-order chi connectivity index (χ1) is 9.01. The highest BCUT2D eigenvalue weighted by atomic mass is 16.5. The van der Waals surface area contributed by atoms with Crippen LogP contribution in [0.15, 0.2) is 23.4 Å². The van der Waals surface area contributed by atoms with E-state index in [1.165, 1.54) is 5.56 Å². The van der Waals surface area contributed by atoms with Crippen molar-refractivity contribution in [3.05, 3.63) is 29.3 Å². The molecule has 0 aromatic heterocycles. The van der Waals surface area contributed by atoms with Crippen LogP contribution in [0.4, 0.5) is 0 Å². The summed E-state index contributed by atoms with van der Waals surface area (Å²) >= 11 is 0. The van der Waals surface area contributed by atoms with Crippen LogP contribution in [0.3, 0.4) is 0 Å². The quantitative estimate of drug-likeness (QED) is 0.659. The molecular formula is C16H23NO2. The molecule has 0 atom stereocenters. The van der Waals surface area contributed by atoms with Gasteiger partial charge in [-0.15, -0.1) is 0 Å². The van der Waals surface area contributed by atoms with Crippen molar-refractivity contribution in [2.75, 3.05) is 6.61 Å². The third-order valence-corrected chi connectivity index (χ3v) is 3.51. The van der Waals surface area contributed by atoms with Gasteiger partial charge in [0.05, 0.1) is 12.3 Å². The molecule has 19 heavy (non-hydrogen) atoms. The lowest BCUT2D eigenvalue weighted by Gasteiger charge is -2.22. The zero-order valence-electron chi connectivity index (χ0n) is 12.1. The molecule has 3 heteroatoms. The molecule has 1 aliphatic rings. The molecule has 0 bridgehead atoms. The minimum atomic E-state index is 0.284. The van der Waals surface area contributed by atoms with Gasteiger partial charge in [-0.05, 0) is 37.2 Å². The molecule has 1 aliphatic carbocycles. The molecule has 0 spiro atoms. The second kappa shape index (κ2) is 5.64. The van der Waals surface area contributed by atoms with Crippen LogP contribution < -0.4 is 4.74 Å². The van der Waals surface area contributed by atoms with Gasteiger partial charge in [0, 0.05) is 11.1 Å². The van der Waals surface area contributed by atoms with Crippen LogP contribution in [0, 0.1) is 5.41 Å². The average Bonchev–Trinajstić information content (AvgIpc) is 2.37. The Balaban J connectivity index is 2.14. The summed E-state index contributed by atoms with van der Waals surface area (Å²) in [5.74, 6) is 0.947. The largest absolute Gasteiger partial charge is 0.493 e. The Hall–Kier alpha value is -1.51. The molecule has 3 nitrogen and oxygen atoms in total. The van der Waals surface area contributed by atoms with Crippen LogP contribution >= 0.6 is 0 Å².